The molecule has 0 radical (unpaired) electrons. The molecule has 0 unspecified atom stereocenters. The second-order valence-electron chi connectivity index (χ2n) is 6.39. The summed E-state index contributed by atoms with van der Waals surface area (Å²) >= 11 is 1.41. The lowest BCUT2D eigenvalue weighted by molar-refractivity contribution is -0.109. The van der Waals surface area contributed by atoms with Gasteiger partial charge in [0.25, 0.3) is 0 Å². The second kappa shape index (κ2) is 7.91. The molecule has 1 aliphatic heterocycles. The Kier molecular flexibility index (Phi) is 6.86. The van der Waals surface area contributed by atoms with Crippen molar-refractivity contribution in [3.05, 3.63) is 0 Å². The first-order valence-corrected chi connectivity index (χ1v) is 8.38. The van der Waals surface area contributed by atoms with Crippen LogP contribution in [0.1, 0.15) is 53.4 Å². The molecule has 0 spiro atoms. The zero-order chi connectivity index (χ0) is 15.2. The van der Waals surface area contributed by atoms with Crippen molar-refractivity contribution in [1.29, 1.82) is 0 Å². The highest BCUT2D eigenvalue weighted by molar-refractivity contribution is 8.13. The van der Waals surface area contributed by atoms with Gasteiger partial charge in [-0.1, -0.05) is 11.8 Å². The van der Waals surface area contributed by atoms with Crippen LogP contribution in [0.2, 0.25) is 0 Å². The minimum atomic E-state index is -0.419. The standard InChI is InChI=1S/C15H27NO3S/c1-12(17)20-11-5-6-13-7-9-16(10-8-13)14(18)19-15(2,3)4/h13H,5-11H2,1-4H3. The predicted octanol–water partition coefficient (Wildman–Crippen LogP) is 3.69. The van der Waals surface area contributed by atoms with Crippen LogP contribution in [-0.2, 0) is 9.53 Å². The lowest BCUT2D eigenvalue weighted by atomic mass is 9.93. The molecule has 0 aromatic rings. The molecule has 0 aliphatic carbocycles. The molecule has 0 aromatic heterocycles. The normalized spacial score (nSPS) is 17.1. The fourth-order valence-electron chi connectivity index (χ4n) is 2.32. The fourth-order valence-corrected chi connectivity index (χ4v) is 2.92. The topological polar surface area (TPSA) is 46.6 Å². The van der Waals surface area contributed by atoms with Gasteiger partial charge in [0.05, 0.1) is 0 Å². The van der Waals surface area contributed by atoms with E-state index in [1.54, 1.807) is 6.92 Å². The number of thioether (sulfide) groups is 1. The SMILES string of the molecule is CC(=O)SCCCC1CCN(C(=O)OC(C)(C)C)CC1. The first-order chi connectivity index (χ1) is 9.28. The van der Waals surface area contributed by atoms with Crippen LogP contribution in [-0.4, -0.2) is 40.6 Å². The summed E-state index contributed by atoms with van der Waals surface area (Å²) in [4.78, 5) is 24.6. The van der Waals surface area contributed by atoms with Gasteiger partial charge in [0.15, 0.2) is 5.12 Å². The molecule has 1 heterocycles. The van der Waals surface area contributed by atoms with Crippen molar-refractivity contribution in [2.24, 2.45) is 5.92 Å². The first-order valence-electron chi connectivity index (χ1n) is 7.39. The van der Waals surface area contributed by atoms with Gasteiger partial charge in [-0.2, -0.15) is 0 Å². The molecular formula is C15H27NO3S. The van der Waals surface area contributed by atoms with Gasteiger partial charge in [-0.25, -0.2) is 4.79 Å². The van der Waals surface area contributed by atoms with Crippen LogP contribution in [0.3, 0.4) is 0 Å². The van der Waals surface area contributed by atoms with E-state index in [0.717, 1.165) is 44.5 Å². The third-order valence-corrected chi connectivity index (χ3v) is 4.23. The number of carbonyl (C=O) groups is 2. The molecule has 0 saturated carbocycles. The van der Waals surface area contributed by atoms with E-state index in [1.807, 2.05) is 25.7 Å². The molecule has 1 fully saturated rings. The Bertz CT molecular complexity index is 331. The lowest BCUT2D eigenvalue weighted by Crippen LogP contribution is -2.41. The minimum absolute atomic E-state index is 0.192. The highest BCUT2D eigenvalue weighted by atomic mass is 32.2. The maximum atomic E-state index is 11.9. The van der Waals surface area contributed by atoms with Crippen LogP contribution < -0.4 is 0 Å². The number of hydrogen-bond acceptors (Lipinski definition) is 4. The van der Waals surface area contributed by atoms with Crippen molar-refractivity contribution in [3.63, 3.8) is 0 Å². The number of carbonyl (C=O) groups excluding carboxylic acids is 2. The number of amides is 1. The summed E-state index contributed by atoms with van der Waals surface area (Å²) in [5, 5.41) is 0.199. The summed E-state index contributed by atoms with van der Waals surface area (Å²) in [7, 11) is 0. The van der Waals surface area contributed by atoms with E-state index < -0.39 is 5.60 Å². The van der Waals surface area contributed by atoms with Crippen LogP contribution in [0.25, 0.3) is 0 Å². The van der Waals surface area contributed by atoms with Gasteiger partial charge in [0.1, 0.15) is 5.60 Å². The molecule has 0 N–H and O–H groups in total. The van der Waals surface area contributed by atoms with Gasteiger partial charge < -0.3 is 9.64 Å². The van der Waals surface area contributed by atoms with Crippen molar-refractivity contribution in [2.75, 3.05) is 18.8 Å². The van der Waals surface area contributed by atoms with Gasteiger partial charge in [0, 0.05) is 25.8 Å². The molecule has 1 aliphatic rings. The quantitative estimate of drug-likeness (QED) is 0.743. The summed E-state index contributed by atoms with van der Waals surface area (Å²) in [6, 6.07) is 0. The lowest BCUT2D eigenvalue weighted by Gasteiger charge is -2.33. The van der Waals surface area contributed by atoms with Crippen LogP contribution in [0, 0.1) is 5.92 Å². The fraction of sp³-hybridized carbons (Fsp3) is 0.867. The Morgan fingerprint density at radius 3 is 2.35 bits per heavy atom. The largest absolute Gasteiger partial charge is 0.444 e. The van der Waals surface area contributed by atoms with Gasteiger partial charge in [-0.15, -0.1) is 0 Å². The molecule has 4 nitrogen and oxygen atoms in total. The number of nitrogens with zero attached hydrogens (tertiary/aromatic N) is 1. The summed E-state index contributed by atoms with van der Waals surface area (Å²) in [5.41, 5.74) is -0.419. The molecular weight excluding hydrogens is 274 g/mol. The average Bonchev–Trinajstić information content (AvgIpc) is 2.33. The van der Waals surface area contributed by atoms with Crippen LogP contribution >= 0.6 is 11.8 Å². The van der Waals surface area contributed by atoms with E-state index in [1.165, 1.54) is 11.8 Å². The highest BCUT2D eigenvalue weighted by Gasteiger charge is 2.26. The van der Waals surface area contributed by atoms with Gasteiger partial charge in [-0.3, -0.25) is 4.79 Å². The third-order valence-electron chi connectivity index (χ3n) is 3.33. The van der Waals surface area contributed by atoms with E-state index in [9.17, 15) is 9.59 Å². The number of hydrogen-bond donors (Lipinski definition) is 0. The predicted molar refractivity (Wildman–Crippen MR) is 82.9 cm³/mol. The Hall–Kier alpha value is -0.710. The molecule has 116 valence electrons. The highest BCUT2D eigenvalue weighted by Crippen LogP contribution is 2.24. The smallest absolute Gasteiger partial charge is 0.410 e. The Morgan fingerprint density at radius 2 is 1.85 bits per heavy atom. The van der Waals surface area contributed by atoms with Crippen LogP contribution in [0.5, 0.6) is 0 Å². The molecule has 1 rings (SSSR count). The summed E-state index contributed by atoms with van der Waals surface area (Å²) in [6.07, 6.45) is 4.14. The van der Waals surface area contributed by atoms with Crippen molar-refractivity contribution < 1.29 is 14.3 Å². The molecule has 5 heteroatoms. The van der Waals surface area contributed by atoms with E-state index in [-0.39, 0.29) is 11.2 Å². The van der Waals surface area contributed by atoms with Crippen molar-refractivity contribution in [1.82, 2.24) is 4.90 Å². The second-order valence-corrected chi connectivity index (χ2v) is 7.66. The monoisotopic (exact) mass is 301 g/mol. The molecule has 0 aromatic carbocycles. The van der Waals surface area contributed by atoms with E-state index in [0.29, 0.717) is 5.92 Å². The summed E-state index contributed by atoms with van der Waals surface area (Å²) < 4.78 is 5.38. The zero-order valence-corrected chi connectivity index (χ0v) is 13.9. The maximum Gasteiger partial charge on any atom is 0.410 e. The van der Waals surface area contributed by atoms with Crippen LogP contribution in [0.4, 0.5) is 4.79 Å². The van der Waals surface area contributed by atoms with Gasteiger partial charge >= 0.3 is 6.09 Å². The van der Waals surface area contributed by atoms with E-state index in [2.05, 4.69) is 0 Å². The Balaban J connectivity index is 2.19. The van der Waals surface area contributed by atoms with Crippen LogP contribution in [0.15, 0.2) is 0 Å². The van der Waals surface area contributed by atoms with E-state index in [4.69, 9.17) is 4.74 Å². The molecule has 1 saturated heterocycles. The Labute approximate surface area is 126 Å². The molecule has 20 heavy (non-hydrogen) atoms. The average molecular weight is 301 g/mol. The molecule has 1 amide bonds. The first kappa shape index (κ1) is 17.3. The molecule has 0 bridgehead atoms. The summed E-state index contributed by atoms with van der Waals surface area (Å²) in [5.74, 6) is 1.60. The number of likely N-dealkylation sites (tertiary alicyclic amines) is 1. The number of piperidine rings is 1. The Morgan fingerprint density at radius 1 is 1.25 bits per heavy atom. The number of rotatable bonds is 4. The zero-order valence-electron chi connectivity index (χ0n) is 13.1. The van der Waals surface area contributed by atoms with Gasteiger partial charge in [0.2, 0.25) is 0 Å². The van der Waals surface area contributed by atoms with Gasteiger partial charge in [-0.05, 0) is 52.4 Å². The van der Waals surface area contributed by atoms with Crippen molar-refractivity contribution in [2.45, 2.75) is 59.0 Å². The van der Waals surface area contributed by atoms with Crippen molar-refractivity contribution in [3.8, 4) is 0 Å². The minimum Gasteiger partial charge on any atom is -0.444 e. The summed E-state index contributed by atoms with van der Waals surface area (Å²) in [6.45, 7) is 8.88. The maximum absolute atomic E-state index is 11.9. The number of ether oxygens (including phenoxy) is 1. The molecule has 0 atom stereocenters. The van der Waals surface area contributed by atoms with Crippen molar-refractivity contribution >= 4 is 23.0 Å². The third kappa shape index (κ3) is 7.17. The van der Waals surface area contributed by atoms with E-state index >= 15 is 0 Å².